The first-order chi connectivity index (χ1) is 11.8. The van der Waals surface area contributed by atoms with Gasteiger partial charge in [-0.05, 0) is 37.0 Å². The van der Waals surface area contributed by atoms with Gasteiger partial charge in [0.2, 0.25) is 0 Å². The van der Waals surface area contributed by atoms with Crippen molar-refractivity contribution >= 4 is 17.3 Å². The third-order valence-corrected chi connectivity index (χ3v) is 4.62. The number of pyridine rings is 1. The minimum Gasteiger partial charge on any atom is -0.354 e. The molecule has 2 aromatic rings. The average molecular weight is 323 g/mol. The molecular formula is C20H25N3O. The number of rotatable bonds is 5. The predicted molar refractivity (Wildman–Crippen MR) is 97.7 cm³/mol. The first-order valence-corrected chi connectivity index (χ1v) is 8.87. The Balaban J connectivity index is 1.70. The van der Waals surface area contributed by atoms with Gasteiger partial charge in [-0.15, -0.1) is 0 Å². The van der Waals surface area contributed by atoms with E-state index in [-0.39, 0.29) is 5.91 Å². The second-order valence-corrected chi connectivity index (χ2v) is 6.41. The van der Waals surface area contributed by atoms with Crippen LogP contribution in [0.2, 0.25) is 0 Å². The van der Waals surface area contributed by atoms with Crippen molar-refractivity contribution in [1.82, 2.24) is 10.3 Å². The normalized spacial score (nSPS) is 15.0. The van der Waals surface area contributed by atoms with Gasteiger partial charge in [0.05, 0.1) is 17.4 Å². The maximum absolute atomic E-state index is 12.5. The molecule has 0 bridgehead atoms. The lowest BCUT2D eigenvalue weighted by Crippen LogP contribution is -2.36. The van der Waals surface area contributed by atoms with Crippen molar-refractivity contribution in [3.8, 4) is 0 Å². The molecule has 1 fully saturated rings. The van der Waals surface area contributed by atoms with E-state index in [1.807, 2.05) is 24.3 Å². The van der Waals surface area contributed by atoms with Crippen LogP contribution in [0.15, 0.2) is 42.7 Å². The number of hydrogen-bond donors (Lipinski definition) is 2. The number of anilines is 2. The lowest BCUT2D eigenvalue weighted by molar-refractivity contribution is 0.0927. The highest BCUT2D eigenvalue weighted by Gasteiger charge is 2.17. The summed E-state index contributed by atoms with van der Waals surface area (Å²) >= 11 is 0. The fourth-order valence-corrected chi connectivity index (χ4v) is 3.25. The minimum absolute atomic E-state index is 0.0261. The zero-order valence-electron chi connectivity index (χ0n) is 14.2. The quantitative estimate of drug-likeness (QED) is 0.854. The number of aromatic nitrogens is 1. The molecule has 4 heteroatoms. The Labute approximate surface area is 143 Å². The second-order valence-electron chi connectivity index (χ2n) is 6.41. The van der Waals surface area contributed by atoms with Gasteiger partial charge in [0.25, 0.3) is 5.91 Å². The summed E-state index contributed by atoms with van der Waals surface area (Å²) in [6.45, 7) is 2.13. The Bertz CT molecular complexity index is 693. The molecular weight excluding hydrogens is 298 g/mol. The smallest absolute Gasteiger partial charge is 0.253 e. The molecule has 24 heavy (non-hydrogen) atoms. The Kier molecular flexibility index (Phi) is 5.47. The summed E-state index contributed by atoms with van der Waals surface area (Å²) in [5.41, 5.74) is 3.76. The van der Waals surface area contributed by atoms with Crippen molar-refractivity contribution in [3.05, 3.63) is 53.9 Å². The van der Waals surface area contributed by atoms with E-state index in [0.29, 0.717) is 11.6 Å². The van der Waals surface area contributed by atoms with Crippen molar-refractivity contribution in [2.24, 2.45) is 0 Å². The highest BCUT2D eigenvalue weighted by Crippen LogP contribution is 2.22. The van der Waals surface area contributed by atoms with Gasteiger partial charge in [0.1, 0.15) is 0 Å². The lowest BCUT2D eigenvalue weighted by Gasteiger charge is -2.22. The minimum atomic E-state index is -0.0261. The topological polar surface area (TPSA) is 54.0 Å². The van der Waals surface area contributed by atoms with E-state index in [2.05, 4.69) is 28.6 Å². The molecule has 4 nitrogen and oxygen atoms in total. The van der Waals surface area contributed by atoms with Gasteiger partial charge < -0.3 is 10.6 Å². The Morgan fingerprint density at radius 2 is 1.96 bits per heavy atom. The highest BCUT2D eigenvalue weighted by molar-refractivity contribution is 5.95. The Morgan fingerprint density at radius 3 is 2.75 bits per heavy atom. The summed E-state index contributed by atoms with van der Waals surface area (Å²) < 4.78 is 0. The van der Waals surface area contributed by atoms with Gasteiger partial charge in [-0.2, -0.15) is 0 Å². The van der Waals surface area contributed by atoms with Crippen molar-refractivity contribution < 1.29 is 4.79 Å². The molecule has 1 amide bonds. The molecule has 0 radical (unpaired) electrons. The van der Waals surface area contributed by atoms with E-state index in [1.165, 1.54) is 24.8 Å². The van der Waals surface area contributed by atoms with Gasteiger partial charge in [0, 0.05) is 17.9 Å². The van der Waals surface area contributed by atoms with Crippen LogP contribution in [0.1, 0.15) is 54.9 Å². The van der Waals surface area contributed by atoms with Crippen LogP contribution in [0, 0.1) is 0 Å². The van der Waals surface area contributed by atoms with Crippen LogP contribution in [0.5, 0.6) is 0 Å². The first-order valence-electron chi connectivity index (χ1n) is 8.87. The van der Waals surface area contributed by atoms with Gasteiger partial charge >= 0.3 is 0 Å². The molecule has 1 aromatic heterocycles. The maximum atomic E-state index is 12.5. The molecule has 126 valence electrons. The standard InChI is InChI=1S/C20H25N3O/c1-2-15-8-6-7-11-19(15)22-18-12-16(13-21-14-18)20(24)23-17-9-4-3-5-10-17/h6-8,11-14,17,22H,2-5,9-10H2,1H3,(H,23,24). The molecule has 2 N–H and O–H groups in total. The molecule has 1 aromatic carbocycles. The summed E-state index contributed by atoms with van der Waals surface area (Å²) in [5, 5.41) is 6.52. The number of nitrogens with zero attached hydrogens (tertiary/aromatic N) is 1. The summed E-state index contributed by atoms with van der Waals surface area (Å²) in [6.07, 6.45) is 10.2. The summed E-state index contributed by atoms with van der Waals surface area (Å²) in [4.78, 5) is 16.7. The average Bonchev–Trinajstić information content (AvgIpc) is 2.63. The van der Waals surface area contributed by atoms with E-state index in [4.69, 9.17) is 0 Å². The van der Waals surface area contributed by atoms with Crippen LogP contribution in [-0.2, 0) is 6.42 Å². The number of hydrogen-bond acceptors (Lipinski definition) is 3. The van der Waals surface area contributed by atoms with Crippen LogP contribution in [-0.4, -0.2) is 16.9 Å². The van der Waals surface area contributed by atoms with Crippen LogP contribution in [0.25, 0.3) is 0 Å². The molecule has 1 aliphatic carbocycles. The monoisotopic (exact) mass is 323 g/mol. The SMILES string of the molecule is CCc1ccccc1Nc1cncc(C(=O)NC2CCCCC2)c1. The number of aryl methyl sites for hydroxylation is 1. The van der Waals surface area contributed by atoms with E-state index < -0.39 is 0 Å². The second kappa shape index (κ2) is 7.95. The van der Waals surface area contributed by atoms with Crippen molar-refractivity contribution in [2.45, 2.75) is 51.5 Å². The van der Waals surface area contributed by atoms with E-state index in [9.17, 15) is 4.79 Å². The summed E-state index contributed by atoms with van der Waals surface area (Å²) in [5.74, 6) is -0.0261. The molecule has 0 unspecified atom stereocenters. The number of benzene rings is 1. The number of carbonyl (C=O) groups is 1. The van der Waals surface area contributed by atoms with E-state index in [0.717, 1.165) is 30.6 Å². The largest absolute Gasteiger partial charge is 0.354 e. The van der Waals surface area contributed by atoms with Crippen molar-refractivity contribution in [2.75, 3.05) is 5.32 Å². The summed E-state index contributed by atoms with van der Waals surface area (Å²) in [7, 11) is 0. The molecule has 1 aliphatic rings. The molecule has 0 aliphatic heterocycles. The van der Waals surface area contributed by atoms with Crippen LogP contribution >= 0.6 is 0 Å². The van der Waals surface area contributed by atoms with Gasteiger partial charge in [-0.3, -0.25) is 9.78 Å². The Morgan fingerprint density at radius 1 is 1.17 bits per heavy atom. The van der Waals surface area contributed by atoms with Gasteiger partial charge in [-0.1, -0.05) is 44.4 Å². The van der Waals surface area contributed by atoms with Crippen molar-refractivity contribution in [3.63, 3.8) is 0 Å². The molecule has 1 heterocycles. The third-order valence-electron chi connectivity index (χ3n) is 4.62. The number of carbonyl (C=O) groups excluding carboxylic acids is 1. The van der Waals surface area contributed by atoms with Gasteiger partial charge in [-0.25, -0.2) is 0 Å². The van der Waals surface area contributed by atoms with Crippen LogP contribution < -0.4 is 10.6 Å². The number of nitrogens with one attached hydrogen (secondary N) is 2. The van der Waals surface area contributed by atoms with Crippen LogP contribution in [0.3, 0.4) is 0 Å². The maximum Gasteiger partial charge on any atom is 0.253 e. The molecule has 0 saturated heterocycles. The van der Waals surface area contributed by atoms with Crippen molar-refractivity contribution in [1.29, 1.82) is 0 Å². The zero-order chi connectivity index (χ0) is 16.8. The first kappa shape index (κ1) is 16.5. The highest BCUT2D eigenvalue weighted by atomic mass is 16.1. The Hall–Kier alpha value is -2.36. The molecule has 1 saturated carbocycles. The number of amides is 1. The lowest BCUT2D eigenvalue weighted by atomic mass is 9.95. The molecule has 3 rings (SSSR count). The fraction of sp³-hybridized carbons (Fsp3) is 0.400. The molecule has 0 atom stereocenters. The van der Waals surface area contributed by atoms with E-state index in [1.54, 1.807) is 12.4 Å². The third kappa shape index (κ3) is 4.13. The predicted octanol–water partition coefficient (Wildman–Crippen LogP) is 4.45. The fourth-order valence-electron chi connectivity index (χ4n) is 3.25. The zero-order valence-corrected chi connectivity index (χ0v) is 14.2. The number of para-hydroxylation sites is 1. The van der Waals surface area contributed by atoms with Crippen LogP contribution in [0.4, 0.5) is 11.4 Å². The van der Waals surface area contributed by atoms with E-state index >= 15 is 0 Å². The summed E-state index contributed by atoms with van der Waals surface area (Å²) in [6, 6.07) is 10.4. The van der Waals surface area contributed by atoms with Gasteiger partial charge in [0.15, 0.2) is 0 Å². The molecule has 0 spiro atoms.